The summed E-state index contributed by atoms with van der Waals surface area (Å²) in [4.78, 5) is 26.5. The Morgan fingerprint density at radius 2 is 1.97 bits per heavy atom. The molecule has 0 aromatic heterocycles. The van der Waals surface area contributed by atoms with Crippen LogP contribution >= 0.6 is 11.6 Å². The number of para-hydroxylation sites is 1. The second-order valence-electron chi connectivity index (χ2n) is 7.44. The number of carbonyl (C=O) groups excluding carboxylic acids is 2. The summed E-state index contributed by atoms with van der Waals surface area (Å²) < 4.78 is 26.4. The van der Waals surface area contributed by atoms with Crippen molar-refractivity contribution in [2.75, 3.05) is 25.5 Å². The van der Waals surface area contributed by atoms with Crippen LogP contribution < -0.4 is 15.8 Å². The lowest BCUT2D eigenvalue weighted by Crippen LogP contribution is -2.40. The number of benzene rings is 2. The lowest BCUT2D eigenvalue weighted by molar-refractivity contribution is -0.123. The average molecular weight is 465 g/mol. The molecule has 1 atom stereocenters. The molecule has 1 aliphatic rings. The van der Waals surface area contributed by atoms with E-state index in [0.29, 0.717) is 18.8 Å². The van der Waals surface area contributed by atoms with E-state index in [9.17, 15) is 18.0 Å². The number of anilines is 1. The number of nitrogens with zero attached hydrogens (tertiary/aromatic N) is 1. The monoisotopic (exact) mass is 464 g/mol. The van der Waals surface area contributed by atoms with Gasteiger partial charge in [-0.15, -0.1) is 0 Å². The van der Waals surface area contributed by atoms with Gasteiger partial charge in [0.2, 0.25) is 15.9 Å². The molecule has 3 rings (SSSR count). The molecule has 0 saturated carbocycles. The first-order valence-electron chi connectivity index (χ1n) is 9.85. The number of sulfonamides is 1. The SMILES string of the molecule is CNS(=O)(=O)c1ccc(Cl)c(C(=O)Nc2ccccc2CN2CCCC(C(N)=O)C2)c1. The molecule has 4 N–H and O–H groups in total. The molecule has 1 unspecified atom stereocenters. The first kappa shape index (κ1) is 23.2. The molecule has 0 aliphatic carbocycles. The Kier molecular flexibility index (Phi) is 7.32. The number of primary amides is 1. The average Bonchev–Trinajstić information content (AvgIpc) is 2.75. The van der Waals surface area contributed by atoms with Crippen LogP contribution in [0.25, 0.3) is 0 Å². The summed E-state index contributed by atoms with van der Waals surface area (Å²) in [5.41, 5.74) is 6.98. The van der Waals surface area contributed by atoms with Gasteiger partial charge >= 0.3 is 0 Å². The van der Waals surface area contributed by atoms with Crippen LogP contribution in [0.3, 0.4) is 0 Å². The van der Waals surface area contributed by atoms with Crippen molar-refractivity contribution in [3.05, 3.63) is 58.6 Å². The fourth-order valence-corrected chi connectivity index (χ4v) is 4.56. The Morgan fingerprint density at radius 1 is 1.23 bits per heavy atom. The second-order valence-corrected chi connectivity index (χ2v) is 9.73. The van der Waals surface area contributed by atoms with E-state index in [1.54, 1.807) is 12.1 Å². The Hall–Kier alpha value is -2.46. The third kappa shape index (κ3) is 5.62. The molecule has 0 radical (unpaired) electrons. The van der Waals surface area contributed by atoms with Gasteiger partial charge in [0.25, 0.3) is 5.91 Å². The predicted octanol–water partition coefficient (Wildman–Crippen LogP) is 2.20. The Bertz CT molecular complexity index is 1090. The van der Waals surface area contributed by atoms with E-state index in [4.69, 9.17) is 17.3 Å². The molecule has 2 aromatic rings. The molecule has 166 valence electrons. The van der Waals surface area contributed by atoms with Crippen molar-refractivity contribution in [3.8, 4) is 0 Å². The summed E-state index contributed by atoms with van der Waals surface area (Å²) in [6.45, 7) is 1.96. The molecule has 1 fully saturated rings. The van der Waals surface area contributed by atoms with Crippen LogP contribution in [0.2, 0.25) is 5.02 Å². The number of carbonyl (C=O) groups is 2. The summed E-state index contributed by atoms with van der Waals surface area (Å²) in [7, 11) is -2.42. The zero-order valence-electron chi connectivity index (χ0n) is 17.1. The van der Waals surface area contributed by atoms with E-state index in [2.05, 4.69) is 14.9 Å². The van der Waals surface area contributed by atoms with Crippen LogP contribution in [0.15, 0.2) is 47.4 Å². The second kappa shape index (κ2) is 9.78. The van der Waals surface area contributed by atoms with Crippen LogP contribution in [-0.2, 0) is 21.4 Å². The summed E-state index contributed by atoms with van der Waals surface area (Å²) >= 11 is 6.16. The minimum Gasteiger partial charge on any atom is -0.369 e. The highest BCUT2D eigenvalue weighted by atomic mass is 35.5. The normalized spacial score (nSPS) is 17.3. The largest absolute Gasteiger partial charge is 0.369 e. The van der Waals surface area contributed by atoms with Gasteiger partial charge in [-0.1, -0.05) is 29.8 Å². The van der Waals surface area contributed by atoms with E-state index in [1.165, 1.54) is 25.2 Å². The van der Waals surface area contributed by atoms with Gasteiger partial charge in [0.05, 0.1) is 21.4 Å². The van der Waals surface area contributed by atoms with Gasteiger partial charge in [-0.3, -0.25) is 14.5 Å². The van der Waals surface area contributed by atoms with Crippen molar-refractivity contribution in [1.29, 1.82) is 0 Å². The number of rotatable bonds is 7. The summed E-state index contributed by atoms with van der Waals surface area (Å²) in [5.74, 6) is -0.984. The van der Waals surface area contributed by atoms with Gasteiger partial charge in [0.15, 0.2) is 0 Å². The molecule has 2 aromatic carbocycles. The first-order valence-corrected chi connectivity index (χ1v) is 11.7. The van der Waals surface area contributed by atoms with Gasteiger partial charge in [-0.05, 0) is 56.3 Å². The zero-order chi connectivity index (χ0) is 22.6. The number of piperidine rings is 1. The Morgan fingerprint density at radius 3 is 2.68 bits per heavy atom. The van der Waals surface area contributed by atoms with Crippen molar-refractivity contribution in [2.45, 2.75) is 24.3 Å². The van der Waals surface area contributed by atoms with Crippen molar-refractivity contribution < 1.29 is 18.0 Å². The number of nitrogens with two attached hydrogens (primary N) is 1. The molecule has 2 amide bonds. The molecule has 1 aliphatic heterocycles. The summed E-state index contributed by atoms with van der Waals surface area (Å²) in [6, 6.07) is 11.3. The van der Waals surface area contributed by atoms with Crippen molar-refractivity contribution in [3.63, 3.8) is 0 Å². The van der Waals surface area contributed by atoms with Crippen LogP contribution in [0, 0.1) is 5.92 Å². The van der Waals surface area contributed by atoms with Crippen LogP contribution in [0.5, 0.6) is 0 Å². The van der Waals surface area contributed by atoms with E-state index < -0.39 is 15.9 Å². The topological polar surface area (TPSA) is 122 Å². The van der Waals surface area contributed by atoms with Gasteiger partial charge in [-0.25, -0.2) is 13.1 Å². The molecule has 8 nitrogen and oxygen atoms in total. The Balaban J connectivity index is 1.80. The fourth-order valence-electron chi connectivity index (χ4n) is 3.61. The van der Waals surface area contributed by atoms with Crippen LogP contribution in [0.1, 0.15) is 28.8 Å². The van der Waals surface area contributed by atoms with E-state index in [0.717, 1.165) is 24.9 Å². The summed E-state index contributed by atoms with van der Waals surface area (Å²) in [6.07, 6.45) is 1.67. The molecule has 10 heteroatoms. The zero-order valence-corrected chi connectivity index (χ0v) is 18.7. The standard InChI is InChI=1S/C21H25ClN4O4S/c1-24-31(29,30)16-8-9-18(22)17(11-16)21(28)25-19-7-3-2-5-14(19)12-26-10-4-6-15(13-26)20(23)27/h2-3,5,7-9,11,15,24H,4,6,10,12-13H2,1H3,(H2,23,27)(H,25,28). The number of halogens is 1. The Labute approximate surface area is 186 Å². The molecule has 0 bridgehead atoms. The predicted molar refractivity (Wildman–Crippen MR) is 119 cm³/mol. The lowest BCUT2D eigenvalue weighted by atomic mass is 9.97. The van der Waals surface area contributed by atoms with Gasteiger partial charge in [0, 0.05) is 18.8 Å². The van der Waals surface area contributed by atoms with E-state index in [-0.39, 0.29) is 27.3 Å². The molecule has 1 heterocycles. The third-order valence-corrected chi connectivity index (χ3v) is 7.07. The number of likely N-dealkylation sites (tertiary alicyclic amines) is 1. The third-order valence-electron chi connectivity index (χ3n) is 5.33. The van der Waals surface area contributed by atoms with Gasteiger partial charge in [0.1, 0.15) is 0 Å². The minimum atomic E-state index is -3.72. The van der Waals surface area contributed by atoms with E-state index in [1.807, 2.05) is 12.1 Å². The van der Waals surface area contributed by atoms with Crippen molar-refractivity contribution in [1.82, 2.24) is 9.62 Å². The molecular formula is C21H25ClN4O4S. The van der Waals surface area contributed by atoms with E-state index >= 15 is 0 Å². The minimum absolute atomic E-state index is 0.0522. The number of nitrogens with one attached hydrogen (secondary N) is 2. The lowest BCUT2D eigenvalue weighted by Gasteiger charge is -2.31. The van der Waals surface area contributed by atoms with Crippen LogP contribution in [0.4, 0.5) is 5.69 Å². The van der Waals surface area contributed by atoms with Crippen molar-refractivity contribution >= 4 is 39.1 Å². The maximum atomic E-state index is 12.9. The molecule has 1 saturated heterocycles. The maximum Gasteiger partial charge on any atom is 0.257 e. The quantitative estimate of drug-likeness (QED) is 0.579. The first-order chi connectivity index (χ1) is 14.7. The number of hydrogen-bond donors (Lipinski definition) is 3. The molecule has 0 spiro atoms. The molecule has 31 heavy (non-hydrogen) atoms. The van der Waals surface area contributed by atoms with Gasteiger partial charge < -0.3 is 11.1 Å². The summed E-state index contributed by atoms with van der Waals surface area (Å²) in [5, 5.41) is 2.97. The highest BCUT2D eigenvalue weighted by Gasteiger charge is 2.25. The number of amides is 2. The highest BCUT2D eigenvalue weighted by Crippen LogP contribution is 2.25. The molecular weight excluding hydrogens is 440 g/mol. The van der Waals surface area contributed by atoms with Crippen molar-refractivity contribution in [2.24, 2.45) is 11.7 Å². The smallest absolute Gasteiger partial charge is 0.257 e. The van der Waals surface area contributed by atoms with Crippen LogP contribution in [-0.4, -0.2) is 45.3 Å². The highest BCUT2D eigenvalue weighted by molar-refractivity contribution is 7.89. The fraction of sp³-hybridized carbons (Fsp3) is 0.333. The van der Waals surface area contributed by atoms with Gasteiger partial charge in [-0.2, -0.15) is 0 Å². The number of hydrogen-bond acceptors (Lipinski definition) is 5. The maximum absolute atomic E-state index is 12.9.